The molecule has 4 aromatic rings. The van der Waals surface area contributed by atoms with Crippen LogP contribution in [0.2, 0.25) is 0 Å². The summed E-state index contributed by atoms with van der Waals surface area (Å²) in [6, 6.07) is 12.2. The number of ether oxygens (including phenoxy) is 2. The van der Waals surface area contributed by atoms with Crippen molar-refractivity contribution in [3.63, 3.8) is 0 Å². The van der Waals surface area contributed by atoms with E-state index in [4.69, 9.17) is 9.47 Å². The number of aromatic amines is 1. The first-order chi connectivity index (χ1) is 15.6. The summed E-state index contributed by atoms with van der Waals surface area (Å²) in [5.74, 6) is 1.73. The predicted octanol–water partition coefficient (Wildman–Crippen LogP) is 4.79. The van der Waals surface area contributed by atoms with Gasteiger partial charge in [0.1, 0.15) is 11.5 Å². The SMILES string of the molecule is COc1ccc2[nH]c3c(c2c1)CCN(CCCn1cc(C(C)=O)c2c(OC)cccc21)C3. The average molecular weight is 432 g/mol. The number of fused-ring (bicyclic) bond motifs is 4. The second kappa shape index (κ2) is 8.36. The van der Waals surface area contributed by atoms with Gasteiger partial charge in [-0.15, -0.1) is 0 Å². The zero-order valence-electron chi connectivity index (χ0n) is 18.9. The van der Waals surface area contributed by atoms with Crippen molar-refractivity contribution in [2.24, 2.45) is 0 Å². The number of nitrogens with one attached hydrogen (secondary N) is 1. The summed E-state index contributed by atoms with van der Waals surface area (Å²) in [6.45, 7) is 5.48. The standard InChI is InChI=1S/C26H29N3O3/c1-17(30)21-15-29(24-6-4-7-25(32-3)26(21)24)12-5-11-28-13-10-19-20-14-18(31-2)8-9-22(20)27-23(19)16-28/h4,6-9,14-15,27H,5,10-13,16H2,1-3H3. The minimum Gasteiger partial charge on any atom is -0.497 e. The summed E-state index contributed by atoms with van der Waals surface area (Å²) in [7, 11) is 3.37. The van der Waals surface area contributed by atoms with Crippen LogP contribution in [0.25, 0.3) is 21.8 Å². The molecule has 1 aliphatic heterocycles. The van der Waals surface area contributed by atoms with Crippen LogP contribution in [0.3, 0.4) is 0 Å². The third-order valence-corrected chi connectivity index (χ3v) is 6.60. The van der Waals surface area contributed by atoms with Crippen LogP contribution >= 0.6 is 0 Å². The van der Waals surface area contributed by atoms with Crippen LogP contribution in [0.5, 0.6) is 11.5 Å². The Kier molecular flexibility index (Phi) is 5.39. The lowest BCUT2D eigenvalue weighted by Crippen LogP contribution is -2.31. The Morgan fingerprint density at radius 3 is 2.78 bits per heavy atom. The topological polar surface area (TPSA) is 59.5 Å². The van der Waals surface area contributed by atoms with Gasteiger partial charge in [-0.05, 0) is 55.7 Å². The first-order valence-electron chi connectivity index (χ1n) is 11.2. The van der Waals surface area contributed by atoms with Crippen LogP contribution in [-0.4, -0.2) is 47.5 Å². The molecule has 6 nitrogen and oxygen atoms in total. The minimum absolute atomic E-state index is 0.0669. The van der Waals surface area contributed by atoms with Crippen molar-refractivity contribution in [3.05, 3.63) is 59.4 Å². The average Bonchev–Trinajstić information content (AvgIpc) is 3.36. The lowest BCUT2D eigenvalue weighted by atomic mass is 10.0. The molecule has 0 unspecified atom stereocenters. The van der Waals surface area contributed by atoms with Crippen molar-refractivity contribution in [2.45, 2.75) is 32.9 Å². The Morgan fingerprint density at radius 2 is 2.00 bits per heavy atom. The zero-order valence-corrected chi connectivity index (χ0v) is 18.9. The van der Waals surface area contributed by atoms with Crippen LogP contribution in [0.4, 0.5) is 0 Å². The van der Waals surface area contributed by atoms with Gasteiger partial charge in [0.25, 0.3) is 0 Å². The fourth-order valence-corrected chi connectivity index (χ4v) is 5.00. The molecule has 0 aliphatic carbocycles. The molecule has 166 valence electrons. The van der Waals surface area contributed by atoms with Gasteiger partial charge in [0.2, 0.25) is 0 Å². The highest BCUT2D eigenvalue weighted by Crippen LogP contribution is 2.32. The van der Waals surface area contributed by atoms with Gasteiger partial charge in [-0.1, -0.05) is 6.07 Å². The first kappa shape index (κ1) is 20.6. The fourth-order valence-electron chi connectivity index (χ4n) is 5.00. The number of nitrogens with zero attached hydrogens (tertiary/aromatic N) is 2. The molecular formula is C26H29N3O3. The number of rotatable bonds is 7. The lowest BCUT2D eigenvalue weighted by Gasteiger charge is -2.27. The molecule has 0 spiro atoms. The lowest BCUT2D eigenvalue weighted by molar-refractivity contribution is 0.101. The van der Waals surface area contributed by atoms with E-state index in [1.165, 1.54) is 22.2 Å². The number of aryl methyl sites for hydroxylation is 1. The Bertz CT molecular complexity index is 1300. The quantitative estimate of drug-likeness (QED) is 0.428. The van der Waals surface area contributed by atoms with Crippen molar-refractivity contribution in [2.75, 3.05) is 27.3 Å². The molecule has 5 rings (SSSR count). The molecule has 0 fully saturated rings. The van der Waals surface area contributed by atoms with E-state index in [2.05, 4.69) is 32.7 Å². The molecule has 32 heavy (non-hydrogen) atoms. The highest BCUT2D eigenvalue weighted by Gasteiger charge is 2.21. The monoisotopic (exact) mass is 431 g/mol. The fraction of sp³-hybridized carbons (Fsp3) is 0.346. The number of benzene rings is 2. The number of carbonyl (C=O) groups is 1. The van der Waals surface area contributed by atoms with Gasteiger partial charge < -0.3 is 19.0 Å². The van der Waals surface area contributed by atoms with Gasteiger partial charge in [0, 0.05) is 54.5 Å². The molecule has 1 aliphatic rings. The van der Waals surface area contributed by atoms with Gasteiger partial charge in [-0.2, -0.15) is 0 Å². The summed E-state index contributed by atoms with van der Waals surface area (Å²) in [5.41, 5.74) is 5.70. The van der Waals surface area contributed by atoms with E-state index in [1.807, 2.05) is 24.4 Å². The maximum absolute atomic E-state index is 12.2. The smallest absolute Gasteiger partial charge is 0.162 e. The van der Waals surface area contributed by atoms with E-state index in [9.17, 15) is 4.79 Å². The highest BCUT2D eigenvalue weighted by molar-refractivity contribution is 6.09. The molecule has 0 radical (unpaired) electrons. The maximum Gasteiger partial charge on any atom is 0.162 e. The van der Waals surface area contributed by atoms with Crippen LogP contribution in [0, 0.1) is 0 Å². The molecule has 2 aromatic heterocycles. The summed E-state index contributed by atoms with van der Waals surface area (Å²) in [6.07, 6.45) is 4.04. The summed E-state index contributed by atoms with van der Waals surface area (Å²) < 4.78 is 13.1. The van der Waals surface area contributed by atoms with Crippen molar-refractivity contribution < 1.29 is 14.3 Å². The Hall–Kier alpha value is -3.25. The van der Waals surface area contributed by atoms with Crippen molar-refractivity contribution in [3.8, 4) is 11.5 Å². The molecule has 0 atom stereocenters. The number of methoxy groups -OCH3 is 2. The van der Waals surface area contributed by atoms with Gasteiger partial charge in [-0.25, -0.2) is 0 Å². The van der Waals surface area contributed by atoms with Crippen LogP contribution < -0.4 is 9.47 Å². The molecule has 0 amide bonds. The van der Waals surface area contributed by atoms with E-state index in [0.717, 1.165) is 67.0 Å². The van der Waals surface area contributed by atoms with Crippen LogP contribution in [0.1, 0.15) is 35.0 Å². The van der Waals surface area contributed by atoms with Gasteiger partial charge in [0.15, 0.2) is 5.78 Å². The molecule has 0 saturated carbocycles. The van der Waals surface area contributed by atoms with Crippen LogP contribution in [-0.2, 0) is 19.5 Å². The Morgan fingerprint density at radius 1 is 1.12 bits per heavy atom. The van der Waals surface area contributed by atoms with E-state index in [0.29, 0.717) is 0 Å². The number of ketones is 1. The molecule has 0 bridgehead atoms. The summed E-state index contributed by atoms with van der Waals surface area (Å²) in [4.78, 5) is 18.3. The third kappa shape index (κ3) is 3.54. The van der Waals surface area contributed by atoms with Crippen LogP contribution in [0.15, 0.2) is 42.6 Å². The van der Waals surface area contributed by atoms with E-state index in [-0.39, 0.29) is 5.78 Å². The zero-order chi connectivity index (χ0) is 22.2. The first-order valence-corrected chi connectivity index (χ1v) is 11.2. The van der Waals surface area contributed by atoms with Crippen molar-refractivity contribution in [1.82, 2.24) is 14.5 Å². The third-order valence-electron chi connectivity index (χ3n) is 6.60. The van der Waals surface area contributed by atoms with E-state index >= 15 is 0 Å². The Labute approximate surface area is 187 Å². The molecular weight excluding hydrogens is 402 g/mol. The number of aromatic nitrogens is 2. The number of H-pyrrole nitrogens is 1. The van der Waals surface area contributed by atoms with Gasteiger partial charge >= 0.3 is 0 Å². The largest absolute Gasteiger partial charge is 0.497 e. The normalized spacial score (nSPS) is 14.1. The molecule has 2 aromatic carbocycles. The number of carbonyl (C=O) groups excluding carboxylic acids is 1. The Balaban J connectivity index is 1.30. The summed E-state index contributed by atoms with van der Waals surface area (Å²) >= 11 is 0. The minimum atomic E-state index is 0.0669. The molecule has 3 heterocycles. The molecule has 0 saturated heterocycles. The van der Waals surface area contributed by atoms with E-state index in [1.54, 1.807) is 21.1 Å². The highest BCUT2D eigenvalue weighted by atomic mass is 16.5. The number of hydrogen-bond acceptors (Lipinski definition) is 4. The van der Waals surface area contributed by atoms with E-state index < -0.39 is 0 Å². The number of hydrogen-bond donors (Lipinski definition) is 1. The van der Waals surface area contributed by atoms with Crippen molar-refractivity contribution >= 4 is 27.6 Å². The molecule has 1 N–H and O–H groups in total. The molecule has 6 heteroatoms. The second-order valence-electron chi connectivity index (χ2n) is 8.52. The van der Waals surface area contributed by atoms with Crippen molar-refractivity contribution in [1.29, 1.82) is 0 Å². The predicted molar refractivity (Wildman–Crippen MR) is 127 cm³/mol. The summed E-state index contributed by atoms with van der Waals surface area (Å²) in [5, 5.41) is 2.20. The van der Waals surface area contributed by atoms with Gasteiger partial charge in [-0.3, -0.25) is 9.69 Å². The second-order valence-corrected chi connectivity index (χ2v) is 8.52. The maximum atomic E-state index is 12.2. The van der Waals surface area contributed by atoms with Gasteiger partial charge in [0.05, 0.1) is 25.1 Å². The number of Topliss-reactive ketones (excluding diaryl/α,β-unsaturated/α-hetero) is 1.